The summed E-state index contributed by atoms with van der Waals surface area (Å²) in [5.41, 5.74) is 0.150. The summed E-state index contributed by atoms with van der Waals surface area (Å²) in [5, 5.41) is 16.0. The molecule has 0 spiro atoms. The minimum atomic E-state index is -0.615. The fraction of sp³-hybridized carbons (Fsp3) is 0.500. The zero-order valence-electron chi connectivity index (χ0n) is 10.8. The second kappa shape index (κ2) is 6.50. The number of halogens is 1. The minimum Gasteiger partial charge on any atom is -0.389 e. The van der Waals surface area contributed by atoms with Crippen molar-refractivity contribution in [2.45, 2.75) is 31.3 Å². The van der Waals surface area contributed by atoms with E-state index in [1.807, 2.05) is 24.3 Å². The lowest BCUT2D eigenvalue weighted by Gasteiger charge is -2.22. The number of benzene rings is 1. The van der Waals surface area contributed by atoms with E-state index >= 15 is 0 Å². The van der Waals surface area contributed by atoms with Gasteiger partial charge in [0.05, 0.1) is 12.1 Å². The molecule has 0 aliphatic heterocycles. The van der Waals surface area contributed by atoms with Gasteiger partial charge < -0.3 is 15.7 Å². The molecule has 0 unspecified atom stereocenters. The molecule has 1 aliphatic carbocycles. The van der Waals surface area contributed by atoms with Crippen LogP contribution < -0.4 is 10.6 Å². The Balaban J connectivity index is 1.73. The van der Waals surface area contributed by atoms with E-state index in [9.17, 15) is 9.90 Å². The van der Waals surface area contributed by atoms with Crippen molar-refractivity contribution in [3.8, 4) is 0 Å². The van der Waals surface area contributed by atoms with Crippen LogP contribution in [0.3, 0.4) is 0 Å². The van der Waals surface area contributed by atoms with Gasteiger partial charge in [-0.2, -0.15) is 0 Å². The van der Waals surface area contributed by atoms with Crippen LogP contribution in [0.1, 0.15) is 25.7 Å². The number of nitrogens with one attached hydrogen (secondary N) is 2. The van der Waals surface area contributed by atoms with Crippen molar-refractivity contribution in [2.75, 3.05) is 18.4 Å². The van der Waals surface area contributed by atoms with Crippen LogP contribution in [0.4, 0.5) is 5.69 Å². The van der Waals surface area contributed by atoms with E-state index < -0.39 is 5.60 Å². The number of amides is 1. The lowest BCUT2D eigenvalue weighted by molar-refractivity contribution is -0.115. The first kappa shape index (κ1) is 14.5. The zero-order chi connectivity index (χ0) is 13.7. The SMILES string of the molecule is O=C(CNCC1(O)CCCC1)Nc1cccc(Br)c1. The summed E-state index contributed by atoms with van der Waals surface area (Å²) in [6.07, 6.45) is 3.80. The third kappa shape index (κ3) is 4.60. The molecule has 19 heavy (non-hydrogen) atoms. The molecule has 3 N–H and O–H groups in total. The molecule has 0 saturated heterocycles. The second-order valence-electron chi connectivity index (χ2n) is 5.09. The highest BCUT2D eigenvalue weighted by atomic mass is 79.9. The standard InChI is InChI=1S/C14H19BrN2O2/c15-11-4-3-5-12(8-11)17-13(18)9-16-10-14(19)6-1-2-7-14/h3-5,8,16,19H,1-2,6-7,9-10H2,(H,17,18). The molecule has 0 aromatic heterocycles. The molecule has 1 aromatic rings. The van der Waals surface area contributed by atoms with Crippen LogP contribution in [-0.4, -0.2) is 29.7 Å². The van der Waals surface area contributed by atoms with Crippen molar-refractivity contribution in [1.29, 1.82) is 0 Å². The summed E-state index contributed by atoms with van der Waals surface area (Å²) in [4.78, 5) is 11.7. The first-order chi connectivity index (χ1) is 9.07. The average Bonchev–Trinajstić information content (AvgIpc) is 2.76. The van der Waals surface area contributed by atoms with Crippen LogP contribution >= 0.6 is 15.9 Å². The fourth-order valence-electron chi connectivity index (χ4n) is 2.39. The van der Waals surface area contributed by atoms with Gasteiger partial charge in [0.15, 0.2) is 0 Å². The molecular weight excluding hydrogens is 308 g/mol. The van der Waals surface area contributed by atoms with Crippen LogP contribution in [0, 0.1) is 0 Å². The number of carbonyl (C=O) groups is 1. The predicted octanol–water partition coefficient (Wildman–Crippen LogP) is 2.28. The molecule has 0 bridgehead atoms. The number of hydrogen-bond acceptors (Lipinski definition) is 3. The van der Waals surface area contributed by atoms with Gasteiger partial charge in [-0.25, -0.2) is 0 Å². The monoisotopic (exact) mass is 326 g/mol. The normalized spacial score (nSPS) is 17.4. The third-order valence-electron chi connectivity index (χ3n) is 3.38. The average molecular weight is 327 g/mol. The van der Waals surface area contributed by atoms with E-state index in [0.29, 0.717) is 6.54 Å². The van der Waals surface area contributed by atoms with Crippen molar-refractivity contribution in [3.05, 3.63) is 28.7 Å². The van der Waals surface area contributed by atoms with E-state index in [1.165, 1.54) is 0 Å². The van der Waals surface area contributed by atoms with Gasteiger partial charge in [-0.1, -0.05) is 34.8 Å². The molecule has 1 amide bonds. The lowest BCUT2D eigenvalue weighted by Crippen LogP contribution is -2.41. The van der Waals surface area contributed by atoms with Crippen molar-refractivity contribution < 1.29 is 9.90 Å². The maximum absolute atomic E-state index is 11.7. The second-order valence-corrected chi connectivity index (χ2v) is 6.01. The van der Waals surface area contributed by atoms with Gasteiger partial charge in [-0.3, -0.25) is 4.79 Å². The number of hydrogen-bond donors (Lipinski definition) is 3. The first-order valence-corrected chi connectivity index (χ1v) is 7.35. The smallest absolute Gasteiger partial charge is 0.238 e. The fourth-order valence-corrected chi connectivity index (χ4v) is 2.79. The molecule has 1 saturated carbocycles. The highest BCUT2D eigenvalue weighted by molar-refractivity contribution is 9.10. The Bertz CT molecular complexity index is 445. The van der Waals surface area contributed by atoms with E-state index in [0.717, 1.165) is 35.8 Å². The van der Waals surface area contributed by atoms with E-state index in [-0.39, 0.29) is 12.5 Å². The van der Waals surface area contributed by atoms with Crippen molar-refractivity contribution in [3.63, 3.8) is 0 Å². The molecule has 0 atom stereocenters. The maximum atomic E-state index is 11.7. The molecule has 1 fully saturated rings. The van der Waals surface area contributed by atoms with Gasteiger partial charge in [-0.15, -0.1) is 0 Å². The Kier molecular flexibility index (Phi) is 4.96. The number of carbonyl (C=O) groups excluding carboxylic acids is 1. The summed E-state index contributed by atoms with van der Waals surface area (Å²) in [7, 11) is 0. The van der Waals surface area contributed by atoms with Crippen molar-refractivity contribution in [1.82, 2.24) is 5.32 Å². The quantitative estimate of drug-likeness (QED) is 0.778. The van der Waals surface area contributed by atoms with Gasteiger partial charge in [0.25, 0.3) is 0 Å². The molecule has 0 radical (unpaired) electrons. The van der Waals surface area contributed by atoms with Gasteiger partial charge in [0, 0.05) is 16.7 Å². The van der Waals surface area contributed by atoms with E-state index in [2.05, 4.69) is 26.6 Å². The van der Waals surface area contributed by atoms with Crippen LogP contribution in [0.2, 0.25) is 0 Å². The van der Waals surface area contributed by atoms with E-state index in [4.69, 9.17) is 0 Å². The summed E-state index contributed by atoms with van der Waals surface area (Å²) >= 11 is 3.36. The van der Waals surface area contributed by atoms with Crippen LogP contribution in [0.15, 0.2) is 28.7 Å². The van der Waals surface area contributed by atoms with Gasteiger partial charge in [0.1, 0.15) is 0 Å². The Labute approximate surface area is 121 Å². The third-order valence-corrected chi connectivity index (χ3v) is 3.88. The topological polar surface area (TPSA) is 61.4 Å². The van der Waals surface area contributed by atoms with Crippen LogP contribution in [-0.2, 0) is 4.79 Å². The molecule has 104 valence electrons. The summed E-state index contributed by atoms with van der Waals surface area (Å²) in [6, 6.07) is 7.47. The lowest BCUT2D eigenvalue weighted by atomic mass is 10.0. The Morgan fingerprint density at radius 2 is 2.11 bits per heavy atom. The molecular formula is C14H19BrN2O2. The highest BCUT2D eigenvalue weighted by Gasteiger charge is 2.30. The molecule has 1 aromatic carbocycles. The molecule has 2 rings (SSSR count). The Morgan fingerprint density at radius 3 is 2.79 bits per heavy atom. The molecule has 1 aliphatic rings. The zero-order valence-corrected chi connectivity index (χ0v) is 12.4. The van der Waals surface area contributed by atoms with E-state index in [1.54, 1.807) is 0 Å². The first-order valence-electron chi connectivity index (χ1n) is 6.56. The van der Waals surface area contributed by atoms with Gasteiger partial charge >= 0.3 is 0 Å². The predicted molar refractivity (Wildman–Crippen MR) is 79.1 cm³/mol. The van der Waals surface area contributed by atoms with Crippen LogP contribution in [0.5, 0.6) is 0 Å². The maximum Gasteiger partial charge on any atom is 0.238 e. The number of rotatable bonds is 5. The van der Waals surface area contributed by atoms with Crippen molar-refractivity contribution in [2.24, 2.45) is 0 Å². The summed E-state index contributed by atoms with van der Waals surface area (Å²) in [6.45, 7) is 0.702. The summed E-state index contributed by atoms with van der Waals surface area (Å²) < 4.78 is 0.929. The minimum absolute atomic E-state index is 0.0975. The largest absolute Gasteiger partial charge is 0.389 e. The summed E-state index contributed by atoms with van der Waals surface area (Å²) in [5.74, 6) is -0.0975. The van der Waals surface area contributed by atoms with Crippen LogP contribution in [0.25, 0.3) is 0 Å². The van der Waals surface area contributed by atoms with Gasteiger partial charge in [0.2, 0.25) is 5.91 Å². The van der Waals surface area contributed by atoms with Gasteiger partial charge in [-0.05, 0) is 31.0 Å². The number of aliphatic hydroxyl groups is 1. The Morgan fingerprint density at radius 1 is 1.37 bits per heavy atom. The van der Waals surface area contributed by atoms with Crippen molar-refractivity contribution >= 4 is 27.5 Å². The molecule has 5 heteroatoms. The molecule has 0 heterocycles. The number of anilines is 1. The molecule has 4 nitrogen and oxygen atoms in total. The Hall–Kier alpha value is -0.910. The highest BCUT2D eigenvalue weighted by Crippen LogP contribution is 2.28.